The average molecular weight is 286 g/mol. The number of hydrogen-bond donors (Lipinski definition) is 1. The first-order valence-corrected chi connectivity index (χ1v) is 7.67. The summed E-state index contributed by atoms with van der Waals surface area (Å²) in [5, 5.41) is 7.54. The zero-order valence-electron chi connectivity index (χ0n) is 12.7. The van der Waals surface area contributed by atoms with Gasteiger partial charge in [0.05, 0.1) is 0 Å². The summed E-state index contributed by atoms with van der Waals surface area (Å²) in [5.41, 5.74) is 3.65. The lowest BCUT2D eigenvalue weighted by molar-refractivity contribution is 0.287. The molecule has 0 bridgehead atoms. The maximum Gasteiger partial charge on any atom is 0.134 e. The quantitative estimate of drug-likeness (QED) is 0.882. The normalized spacial score (nSPS) is 17.0. The van der Waals surface area contributed by atoms with Crippen LogP contribution in [0.2, 0.25) is 0 Å². The van der Waals surface area contributed by atoms with Gasteiger partial charge >= 0.3 is 0 Å². The molecule has 112 valence electrons. The minimum atomic E-state index is 0.452. The highest BCUT2D eigenvalue weighted by Gasteiger charge is 2.22. The summed E-state index contributed by atoms with van der Waals surface area (Å²) in [6.45, 7) is 5.61. The van der Waals surface area contributed by atoms with Crippen molar-refractivity contribution in [1.82, 2.24) is 10.5 Å². The van der Waals surface area contributed by atoms with Gasteiger partial charge < -0.3 is 14.6 Å². The SMILES string of the molecule is CCCNC1CCc2cc(OCc3cc(C)on3)ccc21. The van der Waals surface area contributed by atoms with Gasteiger partial charge in [-0.3, -0.25) is 0 Å². The number of aryl methyl sites for hydroxylation is 2. The standard InChI is InChI=1S/C17H22N2O2/c1-3-8-18-17-7-4-13-10-15(5-6-16(13)17)20-11-14-9-12(2)21-19-14/h5-6,9-10,17-18H,3-4,7-8,11H2,1-2H3. The van der Waals surface area contributed by atoms with Gasteiger partial charge in [-0.2, -0.15) is 0 Å². The summed E-state index contributed by atoms with van der Waals surface area (Å²) >= 11 is 0. The highest BCUT2D eigenvalue weighted by molar-refractivity contribution is 5.40. The Morgan fingerprint density at radius 2 is 2.29 bits per heavy atom. The Kier molecular flexibility index (Phi) is 4.25. The molecule has 1 aliphatic carbocycles. The lowest BCUT2D eigenvalue weighted by Gasteiger charge is -2.13. The molecule has 0 spiro atoms. The summed E-state index contributed by atoms with van der Waals surface area (Å²) in [4.78, 5) is 0. The zero-order chi connectivity index (χ0) is 14.7. The first-order chi connectivity index (χ1) is 10.3. The first-order valence-electron chi connectivity index (χ1n) is 7.67. The third-order valence-corrected chi connectivity index (χ3v) is 3.90. The van der Waals surface area contributed by atoms with Crippen molar-refractivity contribution in [3.05, 3.63) is 46.8 Å². The van der Waals surface area contributed by atoms with E-state index in [0.29, 0.717) is 12.6 Å². The van der Waals surface area contributed by atoms with E-state index >= 15 is 0 Å². The smallest absolute Gasteiger partial charge is 0.134 e. The van der Waals surface area contributed by atoms with E-state index in [9.17, 15) is 0 Å². The topological polar surface area (TPSA) is 47.3 Å². The predicted octanol–water partition coefficient (Wildman–Crippen LogP) is 3.55. The number of benzene rings is 1. The fourth-order valence-electron chi connectivity index (χ4n) is 2.86. The largest absolute Gasteiger partial charge is 0.487 e. The number of nitrogens with one attached hydrogen (secondary N) is 1. The minimum absolute atomic E-state index is 0.452. The first kappa shape index (κ1) is 14.1. The number of aromatic nitrogens is 1. The van der Waals surface area contributed by atoms with Crippen LogP contribution in [0.4, 0.5) is 0 Å². The van der Waals surface area contributed by atoms with Crippen LogP contribution >= 0.6 is 0 Å². The number of ether oxygens (including phenoxy) is 1. The van der Waals surface area contributed by atoms with Crippen LogP contribution in [0.5, 0.6) is 5.75 Å². The number of hydrogen-bond acceptors (Lipinski definition) is 4. The molecule has 1 unspecified atom stereocenters. The summed E-state index contributed by atoms with van der Waals surface area (Å²) in [7, 11) is 0. The molecule has 1 aliphatic rings. The van der Waals surface area contributed by atoms with Gasteiger partial charge in [-0.25, -0.2) is 0 Å². The van der Waals surface area contributed by atoms with E-state index in [2.05, 4.69) is 35.6 Å². The third-order valence-electron chi connectivity index (χ3n) is 3.90. The molecule has 0 saturated heterocycles. The molecule has 1 aromatic carbocycles. The van der Waals surface area contributed by atoms with Crippen molar-refractivity contribution in [2.45, 2.75) is 45.8 Å². The molecule has 1 atom stereocenters. The monoisotopic (exact) mass is 286 g/mol. The summed E-state index contributed by atoms with van der Waals surface area (Å²) in [6, 6.07) is 8.82. The van der Waals surface area contributed by atoms with Gasteiger partial charge in [0.25, 0.3) is 0 Å². The molecule has 1 N–H and O–H groups in total. The van der Waals surface area contributed by atoms with E-state index in [1.165, 1.54) is 24.0 Å². The van der Waals surface area contributed by atoms with Crippen molar-refractivity contribution in [2.75, 3.05) is 6.54 Å². The second-order valence-electron chi connectivity index (χ2n) is 5.62. The molecule has 2 aromatic rings. The Bertz CT molecular complexity index is 607. The predicted molar refractivity (Wildman–Crippen MR) is 81.4 cm³/mol. The van der Waals surface area contributed by atoms with Crippen molar-refractivity contribution in [2.24, 2.45) is 0 Å². The second-order valence-corrected chi connectivity index (χ2v) is 5.62. The molecule has 0 radical (unpaired) electrons. The van der Waals surface area contributed by atoms with Crippen LogP contribution in [-0.4, -0.2) is 11.7 Å². The lowest BCUT2D eigenvalue weighted by Crippen LogP contribution is -2.19. The Labute approximate surface area is 125 Å². The Morgan fingerprint density at radius 3 is 3.05 bits per heavy atom. The molecule has 4 heteroatoms. The van der Waals surface area contributed by atoms with Gasteiger partial charge in [0.15, 0.2) is 0 Å². The zero-order valence-corrected chi connectivity index (χ0v) is 12.7. The van der Waals surface area contributed by atoms with Gasteiger partial charge in [0.1, 0.15) is 23.8 Å². The van der Waals surface area contributed by atoms with E-state index in [1.54, 1.807) is 0 Å². The highest BCUT2D eigenvalue weighted by Crippen LogP contribution is 2.33. The number of rotatable bonds is 6. The molecule has 1 heterocycles. The van der Waals surface area contributed by atoms with Crippen LogP contribution < -0.4 is 10.1 Å². The van der Waals surface area contributed by atoms with Gasteiger partial charge in [-0.1, -0.05) is 18.1 Å². The van der Waals surface area contributed by atoms with E-state index < -0.39 is 0 Å². The maximum absolute atomic E-state index is 5.80. The average Bonchev–Trinajstić information content (AvgIpc) is 3.09. The molecule has 3 rings (SSSR count). The number of nitrogens with zero attached hydrogens (tertiary/aromatic N) is 1. The van der Waals surface area contributed by atoms with Crippen LogP contribution in [0.3, 0.4) is 0 Å². The molecular weight excluding hydrogens is 264 g/mol. The van der Waals surface area contributed by atoms with Crippen molar-refractivity contribution >= 4 is 0 Å². The molecule has 0 amide bonds. The van der Waals surface area contributed by atoms with E-state index in [4.69, 9.17) is 9.26 Å². The van der Waals surface area contributed by atoms with Crippen molar-refractivity contribution < 1.29 is 9.26 Å². The van der Waals surface area contributed by atoms with Gasteiger partial charge in [-0.15, -0.1) is 0 Å². The lowest BCUT2D eigenvalue weighted by atomic mass is 10.1. The molecular formula is C17H22N2O2. The highest BCUT2D eigenvalue weighted by atomic mass is 16.5. The Morgan fingerprint density at radius 1 is 1.38 bits per heavy atom. The van der Waals surface area contributed by atoms with Gasteiger partial charge in [0.2, 0.25) is 0 Å². The van der Waals surface area contributed by atoms with E-state index in [1.807, 2.05) is 13.0 Å². The van der Waals surface area contributed by atoms with Crippen LogP contribution in [0.1, 0.15) is 48.4 Å². The summed E-state index contributed by atoms with van der Waals surface area (Å²) in [6.07, 6.45) is 3.47. The van der Waals surface area contributed by atoms with Crippen LogP contribution in [0.15, 0.2) is 28.8 Å². The van der Waals surface area contributed by atoms with Gasteiger partial charge in [0, 0.05) is 12.1 Å². The molecule has 0 fully saturated rings. The number of fused-ring (bicyclic) bond motifs is 1. The summed E-state index contributed by atoms with van der Waals surface area (Å²) in [5.74, 6) is 1.72. The minimum Gasteiger partial charge on any atom is -0.487 e. The van der Waals surface area contributed by atoms with Crippen LogP contribution in [-0.2, 0) is 13.0 Å². The fourth-order valence-corrected chi connectivity index (χ4v) is 2.86. The maximum atomic E-state index is 5.80. The van der Waals surface area contributed by atoms with Crippen LogP contribution in [0, 0.1) is 6.92 Å². The molecule has 4 nitrogen and oxygen atoms in total. The van der Waals surface area contributed by atoms with Gasteiger partial charge in [-0.05, 0) is 56.0 Å². The Hall–Kier alpha value is -1.81. The van der Waals surface area contributed by atoms with Crippen LogP contribution in [0.25, 0.3) is 0 Å². The second kappa shape index (κ2) is 6.31. The van der Waals surface area contributed by atoms with E-state index in [-0.39, 0.29) is 0 Å². The molecule has 1 aromatic heterocycles. The molecule has 21 heavy (non-hydrogen) atoms. The van der Waals surface area contributed by atoms with Crippen molar-refractivity contribution in [1.29, 1.82) is 0 Å². The molecule has 0 saturated carbocycles. The van der Waals surface area contributed by atoms with Crippen molar-refractivity contribution in [3.8, 4) is 5.75 Å². The molecule has 0 aliphatic heterocycles. The Balaban J connectivity index is 1.64. The fraction of sp³-hybridized carbons (Fsp3) is 0.471. The third kappa shape index (κ3) is 3.27. The van der Waals surface area contributed by atoms with Crippen molar-refractivity contribution in [3.63, 3.8) is 0 Å². The summed E-state index contributed by atoms with van der Waals surface area (Å²) < 4.78 is 10.8. The van der Waals surface area contributed by atoms with E-state index in [0.717, 1.165) is 30.2 Å².